The number of aliphatic carboxylic acids is 1. The molecular weight excluding hydrogens is 308 g/mol. The SMILES string of the molecule is Cc1cc(C(=O)NC(CC2CC2)C(=O)O)ccc1N1CCOCC1. The summed E-state index contributed by atoms with van der Waals surface area (Å²) >= 11 is 0. The number of carboxylic acids is 1. The monoisotopic (exact) mass is 332 g/mol. The molecule has 6 heteroatoms. The first-order valence-corrected chi connectivity index (χ1v) is 8.51. The summed E-state index contributed by atoms with van der Waals surface area (Å²) in [5, 5.41) is 11.9. The molecule has 2 fully saturated rings. The van der Waals surface area contributed by atoms with E-state index in [1.807, 2.05) is 19.1 Å². The molecule has 0 spiro atoms. The summed E-state index contributed by atoms with van der Waals surface area (Å²) in [6, 6.07) is 4.73. The van der Waals surface area contributed by atoms with Crippen molar-refractivity contribution in [1.82, 2.24) is 5.32 Å². The average Bonchev–Trinajstić information content (AvgIpc) is 3.39. The minimum absolute atomic E-state index is 0.320. The van der Waals surface area contributed by atoms with Crippen LogP contribution in [-0.2, 0) is 9.53 Å². The van der Waals surface area contributed by atoms with Crippen LogP contribution in [0.4, 0.5) is 5.69 Å². The van der Waals surface area contributed by atoms with Crippen LogP contribution < -0.4 is 10.2 Å². The first kappa shape index (κ1) is 16.8. The third kappa shape index (κ3) is 4.06. The lowest BCUT2D eigenvalue weighted by molar-refractivity contribution is -0.139. The van der Waals surface area contributed by atoms with Crippen molar-refractivity contribution in [3.8, 4) is 0 Å². The quantitative estimate of drug-likeness (QED) is 0.831. The third-order valence-electron chi connectivity index (χ3n) is 4.68. The molecule has 1 aromatic rings. The van der Waals surface area contributed by atoms with E-state index in [1.165, 1.54) is 0 Å². The van der Waals surface area contributed by atoms with Gasteiger partial charge in [0.15, 0.2) is 0 Å². The molecule has 1 unspecified atom stereocenters. The van der Waals surface area contributed by atoms with E-state index in [0.29, 0.717) is 31.1 Å². The number of hydrogen-bond donors (Lipinski definition) is 2. The molecular formula is C18H24N2O4. The highest BCUT2D eigenvalue weighted by Crippen LogP contribution is 2.33. The van der Waals surface area contributed by atoms with Gasteiger partial charge in [-0.3, -0.25) is 4.79 Å². The van der Waals surface area contributed by atoms with Crippen molar-refractivity contribution >= 4 is 17.6 Å². The predicted octanol–water partition coefficient (Wildman–Crippen LogP) is 1.81. The summed E-state index contributed by atoms with van der Waals surface area (Å²) in [6.45, 7) is 5.08. The fourth-order valence-corrected chi connectivity index (χ4v) is 3.11. The van der Waals surface area contributed by atoms with Gasteiger partial charge in [-0.1, -0.05) is 12.8 Å². The molecule has 1 saturated carbocycles. The second-order valence-corrected chi connectivity index (χ2v) is 6.64. The fourth-order valence-electron chi connectivity index (χ4n) is 3.11. The summed E-state index contributed by atoms with van der Waals surface area (Å²) in [5.41, 5.74) is 2.62. The molecule has 1 atom stereocenters. The van der Waals surface area contributed by atoms with Gasteiger partial charge in [-0.25, -0.2) is 4.79 Å². The van der Waals surface area contributed by atoms with E-state index in [2.05, 4.69) is 10.2 Å². The average molecular weight is 332 g/mol. The lowest BCUT2D eigenvalue weighted by atomic mass is 10.1. The molecule has 0 radical (unpaired) electrons. The predicted molar refractivity (Wildman–Crippen MR) is 90.4 cm³/mol. The standard InChI is InChI=1S/C18H24N2O4/c1-12-10-14(4-5-16(12)20-6-8-24-9-7-20)17(21)19-15(18(22)23)11-13-2-3-13/h4-5,10,13,15H,2-3,6-9,11H2,1H3,(H,19,21)(H,22,23). The van der Waals surface area contributed by atoms with Crippen LogP contribution in [0.5, 0.6) is 0 Å². The first-order valence-electron chi connectivity index (χ1n) is 8.51. The highest BCUT2D eigenvalue weighted by molar-refractivity contribution is 5.97. The van der Waals surface area contributed by atoms with Gasteiger partial charge in [0, 0.05) is 24.3 Å². The van der Waals surface area contributed by atoms with Crippen LogP contribution in [-0.4, -0.2) is 49.3 Å². The number of carbonyl (C=O) groups is 2. The van der Waals surface area contributed by atoms with Gasteiger partial charge in [-0.05, 0) is 43.0 Å². The number of nitrogens with zero attached hydrogens (tertiary/aromatic N) is 1. The van der Waals surface area contributed by atoms with E-state index < -0.39 is 12.0 Å². The molecule has 1 amide bonds. The number of carbonyl (C=O) groups excluding carboxylic acids is 1. The van der Waals surface area contributed by atoms with Gasteiger partial charge in [0.05, 0.1) is 13.2 Å². The Morgan fingerprint density at radius 1 is 1.33 bits per heavy atom. The minimum Gasteiger partial charge on any atom is -0.480 e. The lowest BCUT2D eigenvalue weighted by Gasteiger charge is -2.30. The number of anilines is 1. The Morgan fingerprint density at radius 2 is 2.04 bits per heavy atom. The number of morpholine rings is 1. The van der Waals surface area contributed by atoms with Gasteiger partial charge in [0.1, 0.15) is 6.04 Å². The van der Waals surface area contributed by atoms with Gasteiger partial charge in [0.25, 0.3) is 5.91 Å². The topological polar surface area (TPSA) is 78.9 Å². The zero-order chi connectivity index (χ0) is 17.1. The molecule has 3 rings (SSSR count). The number of ether oxygens (including phenoxy) is 1. The van der Waals surface area contributed by atoms with Crippen LogP contribution in [0.2, 0.25) is 0 Å². The number of rotatable bonds is 6. The van der Waals surface area contributed by atoms with E-state index >= 15 is 0 Å². The lowest BCUT2D eigenvalue weighted by Crippen LogP contribution is -2.41. The fraction of sp³-hybridized carbons (Fsp3) is 0.556. The number of aryl methyl sites for hydroxylation is 1. The van der Waals surface area contributed by atoms with Gasteiger partial charge >= 0.3 is 5.97 Å². The van der Waals surface area contributed by atoms with Crippen molar-refractivity contribution in [2.75, 3.05) is 31.2 Å². The van der Waals surface area contributed by atoms with E-state index in [4.69, 9.17) is 4.74 Å². The second-order valence-electron chi connectivity index (χ2n) is 6.64. The van der Waals surface area contributed by atoms with Crippen molar-refractivity contribution in [3.05, 3.63) is 29.3 Å². The largest absolute Gasteiger partial charge is 0.480 e. The number of nitrogens with one attached hydrogen (secondary N) is 1. The third-order valence-corrected chi connectivity index (χ3v) is 4.68. The molecule has 24 heavy (non-hydrogen) atoms. The molecule has 2 aliphatic rings. The van der Waals surface area contributed by atoms with Crippen molar-refractivity contribution in [2.24, 2.45) is 5.92 Å². The Kier molecular flexibility index (Phi) is 5.04. The van der Waals surface area contributed by atoms with Crippen molar-refractivity contribution in [3.63, 3.8) is 0 Å². The number of carboxylic acid groups (broad SMARTS) is 1. The number of hydrogen-bond acceptors (Lipinski definition) is 4. The molecule has 6 nitrogen and oxygen atoms in total. The number of amides is 1. The van der Waals surface area contributed by atoms with Crippen LogP contribution in [0, 0.1) is 12.8 Å². The molecule has 130 valence electrons. The molecule has 2 N–H and O–H groups in total. The van der Waals surface area contributed by atoms with Gasteiger partial charge in [0.2, 0.25) is 0 Å². The summed E-state index contributed by atoms with van der Waals surface area (Å²) in [5.74, 6) is -0.839. The van der Waals surface area contributed by atoms with Crippen LogP contribution in [0.3, 0.4) is 0 Å². The van der Waals surface area contributed by atoms with Gasteiger partial charge in [-0.15, -0.1) is 0 Å². The second kappa shape index (κ2) is 7.21. The molecule has 1 heterocycles. The zero-order valence-corrected chi connectivity index (χ0v) is 14.0. The van der Waals surface area contributed by atoms with Crippen LogP contribution in [0.1, 0.15) is 35.2 Å². The van der Waals surface area contributed by atoms with Gasteiger partial charge in [-0.2, -0.15) is 0 Å². The Balaban J connectivity index is 1.67. The Bertz CT molecular complexity index is 621. The Hall–Kier alpha value is -2.08. The van der Waals surface area contributed by atoms with Crippen LogP contribution in [0.25, 0.3) is 0 Å². The van der Waals surface area contributed by atoms with Crippen LogP contribution >= 0.6 is 0 Å². The maximum Gasteiger partial charge on any atom is 0.326 e. The Labute approximate surface area is 141 Å². The molecule has 0 bridgehead atoms. The van der Waals surface area contributed by atoms with Crippen molar-refractivity contribution < 1.29 is 19.4 Å². The highest BCUT2D eigenvalue weighted by atomic mass is 16.5. The minimum atomic E-state index is -0.961. The van der Waals surface area contributed by atoms with E-state index in [9.17, 15) is 14.7 Å². The van der Waals surface area contributed by atoms with Crippen LogP contribution in [0.15, 0.2) is 18.2 Å². The number of benzene rings is 1. The zero-order valence-electron chi connectivity index (χ0n) is 14.0. The molecule has 1 saturated heterocycles. The maximum absolute atomic E-state index is 12.4. The Morgan fingerprint density at radius 3 is 2.62 bits per heavy atom. The van der Waals surface area contributed by atoms with E-state index in [-0.39, 0.29) is 5.91 Å². The smallest absolute Gasteiger partial charge is 0.326 e. The summed E-state index contributed by atoms with van der Waals surface area (Å²) in [7, 11) is 0. The van der Waals surface area contributed by atoms with Crippen molar-refractivity contribution in [2.45, 2.75) is 32.2 Å². The van der Waals surface area contributed by atoms with E-state index in [1.54, 1.807) is 6.07 Å². The molecule has 1 aliphatic carbocycles. The maximum atomic E-state index is 12.4. The normalized spacial score (nSPS) is 19.0. The van der Waals surface area contributed by atoms with Crippen molar-refractivity contribution in [1.29, 1.82) is 0 Å². The first-order chi connectivity index (χ1) is 11.5. The molecule has 1 aromatic carbocycles. The van der Waals surface area contributed by atoms with Gasteiger partial charge < -0.3 is 20.1 Å². The summed E-state index contributed by atoms with van der Waals surface area (Å²) < 4.78 is 5.36. The highest BCUT2D eigenvalue weighted by Gasteiger charge is 2.30. The molecule has 0 aromatic heterocycles. The van der Waals surface area contributed by atoms with E-state index in [0.717, 1.165) is 37.2 Å². The molecule has 1 aliphatic heterocycles. The summed E-state index contributed by atoms with van der Waals surface area (Å²) in [4.78, 5) is 26.0. The summed E-state index contributed by atoms with van der Waals surface area (Å²) in [6.07, 6.45) is 2.64.